The maximum Gasteiger partial charge on any atom is 0.137 e. The molecule has 0 aliphatic carbocycles. The third-order valence-corrected chi connectivity index (χ3v) is 12.5. The van der Waals surface area contributed by atoms with Crippen molar-refractivity contribution >= 4 is 44.6 Å². The zero-order chi connectivity index (χ0) is 51.3. The number of para-hydroxylation sites is 4. The molecule has 320 valence electrons. The van der Waals surface area contributed by atoms with Crippen molar-refractivity contribution in [1.29, 1.82) is 0 Å². The summed E-state index contributed by atoms with van der Waals surface area (Å²) in [6.45, 7) is -0.920. The molecule has 0 spiro atoms. The van der Waals surface area contributed by atoms with E-state index in [2.05, 4.69) is 9.80 Å². The molecule has 0 N–H and O–H groups in total. The van der Waals surface area contributed by atoms with Gasteiger partial charge in [0.15, 0.2) is 0 Å². The quantitative estimate of drug-likeness (QED) is 0.177. The highest BCUT2D eigenvalue weighted by molar-refractivity contribution is 6.09. The first kappa shape index (κ1) is 31.7. The van der Waals surface area contributed by atoms with Gasteiger partial charge in [-0.25, -0.2) is 4.98 Å². The van der Waals surface area contributed by atoms with Gasteiger partial charge in [-0.15, -0.1) is 0 Å². The van der Waals surface area contributed by atoms with E-state index in [1.807, 2.05) is 170 Å². The second kappa shape index (κ2) is 15.9. The predicted octanol–water partition coefficient (Wildman–Crippen LogP) is 16.1. The Morgan fingerprint density at radius 1 is 0.561 bits per heavy atom. The molecule has 12 bridgehead atoms. The molecule has 10 aromatic rings. The second-order valence-corrected chi connectivity index (χ2v) is 17.1. The lowest BCUT2D eigenvalue weighted by molar-refractivity contribution is 0.479. The van der Waals surface area contributed by atoms with Crippen LogP contribution in [0.1, 0.15) is 41.5 Å². The number of ether oxygens (including phenoxy) is 2. The monoisotopic (exact) mass is 864 g/mol. The van der Waals surface area contributed by atoms with Gasteiger partial charge in [0.25, 0.3) is 0 Å². The van der Waals surface area contributed by atoms with Gasteiger partial charge in [0, 0.05) is 62.4 Å². The average molecular weight is 865 g/mol. The van der Waals surface area contributed by atoms with E-state index in [1.54, 1.807) is 36.5 Å². The van der Waals surface area contributed by atoms with E-state index in [4.69, 9.17) is 22.7 Å². The average Bonchev–Trinajstić information content (AvgIpc) is 3.94. The van der Waals surface area contributed by atoms with Crippen molar-refractivity contribution in [2.75, 3.05) is 16.5 Å². The van der Waals surface area contributed by atoms with Crippen LogP contribution in [0.25, 0.3) is 61.0 Å². The molecular weight excluding hydrogens is 809 g/mol. The highest BCUT2D eigenvalue weighted by atomic mass is 16.5. The summed E-state index contributed by atoms with van der Waals surface area (Å²) in [5, 5.41) is 1.86. The molecule has 0 atom stereocenters. The van der Waals surface area contributed by atoms with Crippen LogP contribution < -0.4 is 19.3 Å². The van der Waals surface area contributed by atoms with E-state index < -0.39 is 20.1 Å². The normalized spacial score (nSPS) is 15.3. The maximum atomic E-state index is 9.48. The van der Waals surface area contributed by atoms with Crippen LogP contribution in [0, 0.1) is 19.6 Å². The van der Waals surface area contributed by atoms with Crippen molar-refractivity contribution in [2.24, 2.45) is 5.92 Å². The van der Waals surface area contributed by atoms with Crippen LogP contribution in [0.4, 0.5) is 22.7 Å². The summed E-state index contributed by atoms with van der Waals surface area (Å²) >= 11 is 0. The predicted molar refractivity (Wildman–Crippen MR) is 272 cm³/mol. The SMILES string of the molecule is [2H]C([2H])([2H])c1ccc2cc1Oc1ccc3c4ccccc4n(c3c1)-c1cc(C([2H])([2H])C(C)C)c(cn1)-c1ccc(cc1)Oc1ccc(cc1)-c1cccc(-c3ccccc3C([2H])([2H])[2H])c1N1CN2c2ccccc21. The number of benzene rings is 8. The lowest BCUT2D eigenvalue weighted by Gasteiger charge is -2.28. The topological polar surface area (TPSA) is 42.8 Å². The van der Waals surface area contributed by atoms with E-state index in [1.165, 1.54) is 0 Å². The molecule has 15 rings (SSSR count). The molecule has 0 fully saturated rings. The number of hydrogen-bond donors (Lipinski definition) is 0. The largest absolute Gasteiger partial charge is 0.457 e. The Morgan fingerprint density at radius 2 is 1.23 bits per heavy atom. The molecule has 5 aliphatic rings. The first-order chi connectivity index (χ1) is 35.5. The number of fused-ring (bicyclic) bond motifs is 6. The summed E-state index contributed by atoms with van der Waals surface area (Å²) in [7, 11) is 0. The summed E-state index contributed by atoms with van der Waals surface area (Å²) in [5.74, 6) is 1.86. The Morgan fingerprint density at radius 3 is 2.02 bits per heavy atom. The summed E-state index contributed by atoms with van der Waals surface area (Å²) in [6, 6.07) is 57.1. The lowest BCUT2D eigenvalue weighted by Crippen LogP contribution is -2.25. The van der Waals surface area contributed by atoms with Crippen molar-refractivity contribution in [2.45, 2.75) is 33.9 Å². The third kappa shape index (κ3) is 6.76. The van der Waals surface area contributed by atoms with Crippen molar-refractivity contribution in [3.63, 3.8) is 0 Å². The number of aryl methyl sites for hydroxylation is 2. The van der Waals surface area contributed by atoms with E-state index in [-0.39, 0.29) is 29.5 Å². The summed E-state index contributed by atoms with van der Waals surface area (Å²) < 4.78 is 86.0. The lowest BCUT2D eigenvalue weighted by atomic mass is 9.93. The molecule has 6 heteroatoms. The van der Waals surface area contributed by atoms with Gasteiger partial charge in [-0.3, -0.25) is 4.57 Å². The molecular formula is C60H48N4O2. The van der Waals surface area contributed by atoms with Crippen molar-refractivity contribution in [1.82, 2.24) is 9.55 Å². The molecule has 0 radical (unpaired) electrons. The van der Waals surface area contributed by atoms with Crippen LogP contribution in [-0.2, 0) is 6.37 Å². The second-order valence-electron chi connectivity index (χ2n) is 17.1. The molecule has 0 saturated heterocycles. The molecule has 8 aromatic carbocycles. The van der Waals surface area contributed by atoms with Gasteiger partial charge in [-0.05, 0) is 126 Å². The molecule has 6 nitrogen and oxygen atoms in total. The van der Waals surface area contributed by atoms with Crippen LogP contribution in [0.5, 0.6) is 23.0 Å². The van der Waals surface area contributed by atoms with E-state index >= 15 is 0 Å². The molecule has 0 amide bonds. The molecule has 66 heavy (non-hydrogen) atoms. The van der Waals surface area contributed by atoms with Crippen LogP contribution in [-0.4, -0.2) is 16.2 Å². The Bertz CT molecular complexity index is 3830. The van der Waals surface area contributed by atoms with Crippen LogP contribution >= 0.6 is 0 Å². The molecule has 7 heterocycles. The Kier molecular flexibility index (Phi) is 7.62. The highest BCUT2D eigenvalue weighted by Gasteiger charge is 2.32. The van der Waals surface area contributed by atoms with Gasteiger partial charge in [0.1, 0.15) is 35.5 Å². The molecule has 2 aromatic heterocycles. The fourth-order valence-electron chi connectivity index (χ4n) is 9.55. The van der Waals surface area contributed by atoms with Gasteiger partial charge in [0.05, 0.1) is 28.1 Å². The van der Waals surface area contributed by atoms with Gasteiger partial charge >= 0.3 is 0 Å². The molecule has 0 unspecified atom stereocenters. The minimum Gasteiger partial charge on any atom is -0.457 e. The van der Waals surface area contributed by atoms with Gasteiger partial charge in [-0.2, -0.15) is 0 Å². The first-order valence-corrected chi connectivity index (χ1v) is 22.2. The molecule has 0 saturated carbocycles. The van der Waals surface area contributed by atoms with Gasteiger partial charge in [0.2, 0.25) is 0 Å². The number of hydrogen-bond acceptors (Lipinski definition) is 5. The molecule has 5 aliphatic heterocycles. The smallest absolute Gasteiger partial charge is 0.137 e. The summed E-state index contributed by atoms with van der Waals surface area (Å²) in [4.78, 5) is 9.34. The van der Waals surface area contributed by atoms with Crippen LogP contribution in [0.3, 0.4) is 0 Å². The third-order valence-electron chi connectivity index (χ3n) is 12.5. The zero-order valence-electron chi connectivity index (χ0n) is 44.3. The van der Waals surface area contributed by atoms with Gasteiger partial charge < -0.3 is 19.3 Å². The first-order valence-electron chi connectivity index (χ1n) is 26.2. The Labute approximate surface area is 396 Å². The van der Waals surface area contributed by atoms with Crippen LogP contribution in [0.2, 0.25) is 0 Å². The number of anilines is 4. The van der Waals surface area contributed by atoms with Crippen LogP contribution in [0.15, 0.2) is 188 Å². The number of aromatic nitrogens is 2. The van der Waals surface area contributed by atoms with E-state index in [9.17, 15) is 2.74 Å². The van der Waals surface area contributed by atoms with Crippen molar-refractivity contribution in [3.8, 4) is 62.2 Å². The maximum absolute atomic E-state index is 9.48. The Balaban J connectivity index is 1.10. The minimum atomic E-state index is -2.54. The standard InChI is InChI=1S/C60H48N4O2/c1-38(2)32-43-33-59-61-36-53(43)42-23-28-46(29-24-42)65-45-26-21-41(22-27-45)49-15-11-16-52(48-13-6-5-12-39(48)3)60(49)63-37-62(55-18-9-10-19-56(55)63)44-25-20-40(4)58(34-44)66-47-30-31-51-50-14-7-8-17-54(50)64(59)57(51)35-47/h5-31,33-36,38H,32,37H2,1-4H3/i3D3,4D3,32D2. The highest BCUT2D eigenvalue weighted by Crippen LogP contribution is 2.51. The van der Waals surface area contributed by atoms with E-state index in [0.717, 1.165) is 61.1 Å². The summed E-state index contributed by atoms with van der Waals surface area (Å²) in [5.41, 5.74) is 9.94. The number of nitrogens with zero attached hydrogens (tertiary/aromatic N) is 4. The minimum absolute atomic E-state index is 0.0339. The van der Waals surface area contributed by atoms with Crippen molar-refractivity contribution < 1.29 is 20.4 Å². The zero-order valence-corrected chi connectivity index (χ0v) is 36.3. The number of rotatable bonds is 3. The number of pyridine rings is 1. The summed E-state index contributed by atoms with van der Waals surface area (Å²) in [6.07, 6.45) is -0.0253. The van der Waals surface area contributed by atoms with Gasteiger partial charge in [-0.1, -0.05) is 117 Å². The van der Waals surface area contributed by atoms with E-state index in [0.29, 0.717) is 45.4 Å². The van der Waals surface area contributed by atoms with Crippen molar-refractivity contribution in [3.05, 3.63) is 205 Å². The fraction of sp³-hybridized carbons (Fsp3) is 0.117. The Hall–Kier alpha value is -8.09. The fourth-order valence-corrected chi connectivity index (χ4v) is 9.55.